The standard InChI is InChI=1S/C15H11Br3N2O2/c16-11-3-1-9(2-4-11)7-14(21)20-19-8-10-5-12(17)15(22)13(18)6-10/h1-6,8,22H,7H2,(H,20,21)/b19-8+. The number of aromatic hydroxyl groups is 1. The van der Waals surface area contributed by atoms with Crippen molar-refractivity contribution in [1.82, 2.24) is 5.43 Å². The first-order valence-corrected chi connectivity index (χ1v) is 8.58. The molecule has 114 valence electrons. The summed E-state index contributed by atoms with van der Waals surface area (Å²) in [5, 5.41) is 13.5. The maximum absolute atomic E-state index is 11.8. The summed E-state index contributed by atoms with van der Waals surface area (Å²) in [5.41, 5.74) is 4.12. The zero-order valence-electron chi connectivity index (χ0n) is 11.2. The maximum atomic E-state index is 11.8. The molecule has 0 saturated carbocycles. The van der Waals surface area contributed by atoms with Gasteiger partial charge in [-0.2, -0.15) is 5.10 Å². The number of phenolic OH excluding ortho intramolecular Hbond substituents is 1. The first kappa shape index (κ1) is 17.2. The minimum Gasteiger partial charge on any atom is -0.506 e. The largest absolute Gasteiger partial charge is 0.506 e. The predicted octanol–water partition coefficient (Wildman–Crippen LogP) is 4.37. The molecule has 4 nitrogen and oxygen atoms in total. The first-order valence-electron chi connectivity index (χ1n) is 6.20. The molecule has 0 unspecified atom stereocenters. The van der Waals surface area contributed by atoms with Crippen LogP contribution in [0.2, 0.25) is 0 Å². The Morgan fingerprint density at radius 1 is 1.14 bits per heavy atom. The molecular formula is C15H11Br3N2O2. The van der Waals surface area contributed by atoms with E-state index in [4.69, 9.17) is 0 Å². The Balaban J connectivity index is 1.94. The molecule has 0 radical (unpaired) electrons. The van der Waals surface area contributed by atoms with Gasteiger partial charge in [-0.3, -0.25) is 4.79 Å². The van der Waals surface area contributed by atoms with Crippen LogP contribution in [0.15, 0.2) is 54.9 Å². The molecule has 0 fully saturated rings. The molecule has 0 spiro atoms. The van der Waals surface area contributed by atoms with Gasteiger partial charge in [0.25, 0.3) is 0 Å². The number of hydrogen-bond acceptors (Lipinski definition) is 3. The summed E-state index contributed by atoms with van der Waals surface area (Å²) in [4.78, 5) is 11.8. The lowest BCUT2D eigenvalue weighted by molar-refractivity contribution is -0.120. The number of phenols is 1. The number of rotatable bonds is 4. The van der Waals surface area contributed by atoms with Crippen LogP contribution in [-0.4, -0.2) is 17.2 Å². The monoisotopic (exact) mass is 488 g/mol. The van der Waals surface area contributed by atoms with Crippen LogP contribution in [0.25, 0.3) is 0 Å². The Hall–Kier alpha value is -1.18. The lowest BCUT2D eigenvalue weighted by Gasteiger charge is -2.03. The Kier molecular flexibility index (Phi) is 6.16. The number of hydrazone groups is 1. The molecular weight excluding hydrogens is 480 g/mol. The van der Waals surface area contributed by atoms with Gasteiger partial charge in [-0.05, 0) is 67.3 Å². The second-order valence-corrected chi connectivity index (χ2v) is 7.05. The molecule has 22 heavy (non-hydrogen) atoms. The molecule has 0 heterocycles. The minimum atomic E-state index is -0.199. The van der Waals surface area contributed by atoms with E-state index in [0.717, 1.165) is 15.6 Å². The van der Waals surface area contributed by atoms with E-state index in [0.29, 0.717) is 8.95 Å². The van der Waals surface area contributed by atoms with Gasteiger partial charge in [0.1, 0.15) is 5.75 Å². The molecule has 2 N–H and O–H groups in total. The van der Waals surface area contributed by atoms with Gasteiger partial charge in [-0.15, -0.1) is 0 Å². The lowest BCUT2D eigenvalue weighted by Crippen LogP contribution is -2.19. The van der Waals surface area contributed by atoms with Crippen molar-refractivity contribution in [3.8, 4) is 5.75 Å². The highest BCUT2D eigenvalue weighted by molar-refractivity contribution is 9.11. The molecule has 2 aromatic rings. The van der Waals surface area contributed by atoms with Gasteiger partial charge in [-0.25, -0.2) is 5.43 Å². The van der Waals surface area contributed by atoms with Crippen molar-refractivity contribution in [1.29, 1.82) is 0 Å². The average Bonchev–Trinajstić information content (AvgIpc) is 2.47. The smallest absolute Gasteiger partial charge is 0.244 e. The summed E-state index contributed by atoms with van der Waals surface area (Å²) < 4.78 is 2.06. The van der Waals surface area contributed by atoms with Crippen LogP contribution in [0, 0.1) is 0 Å². The molecule has 0 aliphatic rings. The molecule has 0 aliphatic carbocycles. The van der Waals surface area contributed by atoms with Crippen molar-refractivity contribution in [2.75, 3.05) is 0 Å². The van der Waals surface area contributed by atoms with Crippen LogP contribution in [0.4, 0.5) is 0 Å². The highest BCUT2D eigenvalue weighted by atomic mass is 79.9. The minimum absolute atomic E-state index is 0.122. The summed E-state index contributed by atoms with van der Waals surface area (Å²) in [6.07, 6.45) is 1.77. The molecule has 0 saturated heterocycles. The third-order valence-electron chi connectivity index (χ3n) is 2.72. The average molecular weight is 491 g/mol. The summed E-state index contributed by atoms with van der Waals surface area (Å²) in [6, 6.07) is 10.9. The van der Waals surface area contributed by atoms with Crippen LogP contribution in [-0.2, 0) is 11.2 Å². The van der Waals surface area contributed by atoms with Crippen LogP contribution in [0.5, 0.6) is 5.75 Å². The number of carbonyl (C=O) groups is 1. The normalized spacial score (nSPS) is 10.9. The Morgan fingerprint density at radius 2 is 1.73 bits per heavy atom. The molecule has 7 heteroatoms. The fourth-order valence-electron chi connectivity index (χ4n) is 1.67. The van der Waals surface area contributed by atoms with E-state index in [1.807, 2.05) is 24.3 Å². The second kappa shape index (κ2) is 7.89. The quantitative estimate of drug-likeness (QED) is 0.494. The van der Waals surface area contributed by atoms with E-state index < -0.39 is 0 Å². The fraction of sp³-hybridized carbons (Fsp3) is 0.0667. The van der Waals surface area contributed by atoms with Crippen LogP contribution >= 0.6 is 47.8 Å². The Morgan fingerprint density at radius 3 is 2.32 bits per heavy atom. The summed E-state index contributed by atoms with van der Waals surface area (Å²) in [5.74, 6) is -0.0769. The molecule has 0 bridgehead atoms. The third kappa shape index (κ3) is 4.93. The van der Waals surface area contributed by atoms with E-state index in [-0.39, 0.29) is 18.1 Å². The van der Waals surface area contributed by atoms with Crippen LogP contribution in [0.1, 0.15) is 11.1 Å². The molecule has 2 rings (SSSR count). The van der Waals surface area contributed by atoms with Gasteiger partial charge in [0.05, 0.1) is 21.6 Å². The number of amides is 1. The SMILES string of the molecule is O=C(Cc1ccc(Br)cc1)N/N=C/c1cc(Br)c(O)c(Br)c1. The van der Waals surface area contributed by atoms with Gasteiger partial charge in [0.15, 0.2) is 0 Å². The summed E-state index contributed by atoms with van der Waals surface area (Å²) >= 11 is 9.82. The zero-order chi connectivity index (χ0) is 16.1. The van der Waals surface area contributed by atoms with Crippen molar-refractivity contribution in [2.45, 2.75) is 6.42 Å². The van der Waals surface area contributed by atoms with Crippen molar-refractivity contribution in [3.05, 3.63) is 60.9 Å². The van der Waals surface area contributed by atoms with Gasteiger partial charge in [0, 0.05) is 4.47 Å². The molecule has 0 atom stereocenters. The highest BCUT2D eigenvalue weighted by Crippen LogP contribution is 2.32. The maximum Gasteiger partial charge on any atom is 0.244 e. The summed E-state index contributed by atoms with van der Waals surface area (Å²) in [7, 11) is 0. The second-order valence-electron chi connectivity index (χ2n) is 4.43. The highest BCUT2D eigenvalue weighted by Gasteiger charge is 2.05. The van der Waals surface area contributed by atoms with E-state index in [9.17, 15) is 9.90 Å². The van der Waals surface area contributed by atoms with Gasteiger partial charge >= 0.3 is 0 Å². The van der Waals surface area contributed by atoms with Crippen molar-refractivity contribution < 1.29 is 9.90 Å². The number of benzene rings is 2. The molecule has 0 aliphatic heterocycles. The number of nitrogens with zero attached hydrogens (tertiary/aromatic N) is 1. The first-order chi connectivity index (χ1) is 10.5. The van der Waals surface area contributed by atoms with Crippen LogP contribution < -0.4 is 5.43 Å². The number of halogens is 3. The zero-order valence-corrected chi connectivity index (χ0v) is 15.9. The third-order valence-corrected chi connectivity index (χ3v) is 4.46. The fourth-order valence-corrected chi connectivity index (χ4v) is 3.15. The number of nitrogens with one attached hydrogen (secondary N) is 1. The number of hydrogen-bond donors (Lipinski definition) is 2. The van der Waals surface area contributed by atoms with Crippen LogP contribution in [0.3, 0.4) is 0 Å². The Labute approximate surface area is 153 Å². The lowest BCUT2D eigenvalue weighted by atomic mass is 10.1. The van der Waals surface area contributed by atoms with Gasteiger partial charge in [0.2, 0.25) is 5.91 Å². The van der Waals surface area contributed by atoms with E-state index >= 15 is 0 Å². The van der Waals surface area contributed by atoms with Crippen molar-refractivity contribution >= 4 is 59.9 Å². The topological polar surface area (TPSA) is 61.7 Å². The van der Waals surface area contributed by atoms with Gasteiger partial charge < -0.3 is 5.11 Å². The van der Waals surface area contributed by atoms with Crippen molar-refractivity contribution in [2.24, 2.45) is 5.10 Å². The number of carbonyl (C=O) groups excluding carboxylic acids is 1. The van der Waals surface area contributed by atoms with E-state index in [2.05, 4.69) is 58.3 Å². The van der Waals surface area contributed by atoms with Gasteiger partial charge in [-0.1, -0.05) is 28.1 Å². The molecule has 2 aromatic carbocycles. The summed E-state index contributed by atoms with van der Waals surface area (Å²) in [6.45, 7) is 0. The molecule has 0 aromatic heterocycles. The Bertz CT molecular complexity index is 692. The molecule has 1 amide bonds. The van der Waals surface area contributed by atoms with Crippen molar-refractivity contribution in [3.63, 3.8) is 0 Å². The predicted molar refractivity (Wildman–Crippen MR) is 97.1 cm³/mol. The van der Waals surface area contributed by atoms with E-state index in [1.54, 1.807) is 12.1 Å². The van der Waals surface area contributed by atoms with E-state index in [1.165, 1.54) is 6.21 Å².